The Hall–Kier alpha value is -4.52. The zero-order chi connectivity index (χ0) is 49.2. The highest BCUT2D eigenvalue weighted by Crippen LogP contribution is 2.54. The topological polar surface area (TPSA) is 105 Å². The van der Waals surface area contributed by atoms with Crippen molar-refractivity contribution in [3.8, 4) is 0 Å². The summed E-state index contributed by atoms with van der Waals surface area (Å²) in [5.74, 6) is -1.58. The number of rotatable bonds is 32. The zero-order valence-corrected chi connectivity index (χ0v) is 44.1. The average molecular weight is 947 g/mol. The van der Waals surface area contributed by atoms with Gasteiger partial charge in [-0.3, -0.25) is 0 Å². The molecule has 0 heterocycles. The Morgan fingerprint density at radius 3 is 0.900 bits per heavy atom. The third-order valence-electron chi connectivity index (χ3n) is 16.0. The summed E-state index contributed by atoms with van der Waals surface area (Å²) in [5, 5.41) is 39.2. The largest absolute Gasteiger partial charge is 0.851 e. The van der Waals surface area contributed by atoms with Gasteiger partial charge in [0, 0.05) is 59.7 Å². The van der Waals surface area contributed by atoms with Crippen LogP contribution in [-0.2, 0) is 0 Å². The lowest BCUT2D eigenvalue weighted by Crippen LogP contribution is -2.64. The van der Waals surface area contributed by atoms with E-state index in [9.17, 15) is 0 Å². The predicted molar refractivity (Wildman–Crippen MR) is 303 cm³/mol. The molecule has 0 bridgehead atoms. The van der Waals surface area contributed by atoms with E-state index in [0.717, 1.165) is 117 Å². The number of anilines is 4. The molecule has 6 aromatic rings. The van der Waals surface area contributed by atoms with Gasteiger partial charge in [0.15, 0.2) is 0 Å². The Morgan fingerprint density at radius 2 is 0.614 bits per heavy atom. The predicted octanol–water partition coefficient (Wildman–Crippen LogP) is 15.9. The maximum Gasteiger partial charge on any atom is 0.0466 e. The summed E-state index contributed by atoms with van der Waals surface area (Å²) in [6.45, 7) is 13.0. The minimum Gasteiger partial charge on any atom is -0.851 e. The van der Waals surface area contributed by atoms with Crippen LogP contribution in [0.3, 0.4) is 0 Å². The number of unbranched alkanes of at least 4 members (excludes halogenated alkanes) is 20. The first-order valence-electron chi connectivity index (χ1n) is 28.6. The van der Waals surface area contributed by atoms with E-state index in [1.54, 1.807) is 0 Å². The fourth-order valence-electron chi connectivity index (χ4n) is 11.9. The molecule has 0 atom stereocenters. The van der Waals surface area contributed by atoms with Crippen molar-refractivity contribution in [2.45, 2.75) is 206 Å². The smallest absolute Gasteiger partial charge is 0.0466 e. The third-order valence-corrected chi connectivity index (χ3v) is 16.0. The number of nitrogen functional groups attached to an aromatic ring is 2. The molecule has 0 radical (unpaired) electrons. The molecule has 6 aromatic carbocycles. The van der Waals surface area contributed by atoms with Gasteiger partial charge in [-0.1, -0.05) is 205 Å². The molecule has 0 aromatic heterocycles. The number of nitrogens with zero attached hydrogens (tertiary/aromatic N) is 2. The molecule has 1 fully saturated rings. The highest BCUT2D eigenvalue weighted by Gasteiger charge is 2.42. The van der Waals surface area contributed by atoms with Crippen LogP contribution >= 0.6 is 0 Å². The molecule has 0 unspecified atom stereocenters. The van der Waals surface area contributed by atoms with Crippen molar-refractivity contribution in [3.63, 3.8) is 0 Å². The summed E-state index contributed by atoms with van der Waals surface area (Å²) in [7, 11) is 0. The van der Waals surface area contributed by atoms with Gasteiger partial charge in [0.25, 0.3) is 0 Å². The van der Waals surface area contributed by atoms with E-state index in [1.165, 1.54) is 128 Å². The van der Waals surface area contributed by atoms with Gasteiger partial charge in [-0.2, -0.15) is 0 Å². The summed E-state index contributed by atoms with van der Waals surface area (Å²) in [6.07, 6.45) is 27.4. The molecule has 380 valence electrons. The van der Waals surface area contributed by atoms with Gasteiger partial charge in [-0.15, -0.1) is 12.2 Å². The van der Waals surface area contributed by atoms with Gasteiger partial charge < -0.3 is 31.5 Å². The van der Waals surface area contributed by atoms with Crippen molar-refractivity contribution >= 4 is 65.8 Å². The second kappa shape index (κ2) is 27.3. The minimum atomic E-state index is -1.20. The van der Waals surface area contributed by atoms with E-state index in [2.05, 4.69) is 122 Å². The molecular weight excluding hydrogens is 857 g/mol. The van der Waals surface area contributed by atoms with Gasteiger partial charge >= 0.3 is 0 Å². The van der Waals surface area contributed by atoms with Crippen LogP contribution in [0.5, 0.6) is 0 Å². The van der Waals surface area contributed by atoms with Crippen LogP contribution in [0.25, 0.3) is 43.1 Å². The van der Waals surface area contributed by atoms with Gasteiger partial charge in [-0.05, 0) is 117 Å². The first-order valence-corrected chi connectivity index (χ1v) is 28.6. The standard InChI is InChI=1S/C64H90N4O2/c1-5-9-13-17-21-29-37-67(38-30-22-18-14-10-6-2)57-45-55(65)59(53-43-49-35-27-25-33-47(49)41-51(53)57)61-63(69)62(64(61)70)60-54-44-50-36-28-26-34-48(50)42-52(54)58(46-56(60)66)68(39-31-23-19-15-11-7-3)40-32-24-20-16-12-8-4/h25-28,33-36,41-46,61-64H,5-24,29-32,37-40,65-66H2,1-4H3/q-2. The quantitative estimate of drug-likeness (QED) is 0.0248. The molecule has 1 saturated carbocycles. The molecule has 6 heteroatoms. The number of fused-ring (bicyclic) bond motifs is 4. The zero-order valence-electron chi connectivity index (χ0n) is 44.1. The molecular formula is C64H90N4O2-2. The van der Waals surface area contributed by atoms with E-state index in [1.807, 2.05) is 0 Å². The fourth-order valence-corrected chi connectivity index (χ4v) is 11.9. The lowest BCUT2D eigenvalue weighted by molar-refractivity contribution is -0.535. The second-order valence-corrected chi connectivity index (χ2v) is 21.3. The van der Waals surface area contributed by atoms with E-state index >= 15 is 10.2 Å². The Morgan fingerprint density at radius 1 is 0.357 bits per heavy atom. The summed E-state index contributed by atoms with van der Waals surface area (Å²) >= 11 is 0. The Balaban J connectivity index is 1.25. The monoisotopic (exact) mass is 947 g/mol. The van der Waals surface area contributed by atoms with Gasteiger partial charge in [0.1, 0.15) is 0 Å². The molecule has 0 spiro atoms. The normalized spacial score (nSPS) is 17.0. The minimum absolute atomic E-state index is 0.568. The van der Waals surface area contributed by atoms with Crippen LogP contribution in [0.2, 0.25) is 0 Å². The van der Waals surface area contributed by atoms with E-state index in [-0.39, 0.29) is 0 Å². The lowest BCUT2D eigenvalue weighted by atomic mass is 9.61. The number of nitrogens with two attached hydrogens (primary N) is 2. The number of hydrogen-bond donors (Lipinski definition) is 2. The van der Waals surface area contributed by atoms with Crippen molar-refractivity contribution in [1.82, 2.24) is 0 Å². The Labute approximate surface area is 423 Å². The van der Waals surface area contributed by atoms with Crippen LogP contribution in [-0.4, -0.2) is 38.4 Å². The summed E-state index contributed by atoms with van der Waals surface area (Å²) in [5.41, 5.74) is 19.4. The van der Waals surface area contributed by atoms with Crippen LogP contribution in [0, 0.1) is 0 Å². The molecule has 0 amide bonds. The molecule has 4 N–H and O–H groups in total. The fraction of sp³-hybridized carbons (Fsp3) is 0.562. The molecule has 1 aliphatic carbocycles. The average Bonchev–Trinajstić information content (AvgIpc) is 3.37. The van der Waals surface area contributed by atoms with Crippen LogP contribution < -0.4 is 31.5 Å². The van der Waals surface area contributed by atoms with Crippen molar-refractivity contribution in [2.24, 2.45) is 0 Å². The van der Waals surface area contributed by atoms with Gasteiger partial charge in [0.2, 0.25) is 0 Å². The lowest BCUT2D eigenvalue weighted by Gasteiger charge is -2.62. The Kier molecular flexibility index (Phi) is 20.8. The summed E-state index contributed by atoms with van der Waals surface area (Å²) in [6, 6.07) is 30.2. The van der Waals surface area contributed by atoms with Crippen molar-refractivity contribution in [3.05, 3.63) is 96.1 Å². The Bertz CT molecular complexity index is 2320. The van der Waals surface area contributed by atoms with Crippen LogP contribution in [0.15, 0.2) is 84.9 Å². The van der Waals surface area contributed by atoms with Crippen molar-refractivity contribution in [2.75, 3.05) is 47.4 Å². The van der Waals surface area contributed by atoms with Crippen molar-refractivity contribution in [1.29, 1.82) is 0 Å². The third kappa shape index (κ3) is 13.1. The van der Waals surface area contributed by atoms with Crippen LogP contribution in [0.4, 0.5) is 22.7 Å². The SMILES string of the molecule is CCCCCCCCN(CCCCCCCC)c1cc(N)c(C2C([O-])C(c3c(N)cc(N(CCCCCCCC)CCCCCCCC)c4cc5ccccc5cc34)C2[O-])c2cc3ccccc3cc12. The second-order valence-electron chi connectivity index (χ2n) is 21.3. The van der Waals surface area contributed by atoms with Crippen LogP contribution in [0.1, 0.15) is 205 Å². The molecule has 7 rings (SSSR count). The number of hydrogen-bond acceptors (Lipinski definition) is 6. The van der Waals surface area contributed by atoms with E-state index in [4.69, 9.17) is 11.5 Å². The maximum atomic E-state index is 15.3. The summed E-state index contributed by atoms with van der Waals surface area (Å²) in [4.78, 5) is 5.15. The van der Waals surface area contributed by atoms with Crippen molar-refractivity contribution < 1.29 is 10.2 Å². The molecule has 70 heavy (non-hydrogen) atoms. The molecule has 0 saturated heterocycles. The molecule has 0 aliphatic heterocycles. The highest BCUT2D eigenvalue weighted by molar-refractivity contribution is 6.09. The molecule has 6 nitrogen and oxygen atoms in total. The number of benzene rings is 6. The van der Waals surface area contributed by atoms with E-state index < -0.39 is 24.0 Å². The van der Waals surface area contributed by atoms with Gasteiger partial charge in [-0.25, -0.2) is 0 Å². The highest BCUT2D eigenvalue weighted by atomic mass is 16.3. The first kappa shape index (κ1) is 53.3. The first-order chi connectivity index (χ1) is 34.3. The van der Waals surface area contributed by atoms with E-state index in [0.29, 0.717) is 11.4 Å². The maximum absolute atomic E-state index is 15.3. The summed E-state index contributed by atoms with van der Waals surface area (Å²) < 4.78 is 0. The van der Waals surface area contributed by atoms with Gasteiger partial charge in [0.05, 0.1) is 0 Å². The molecule has 1 aliphatic rings.